The molecular weight excluding hydrogens is 374 g/mol. The summed E-state index contributed by atoms with van der Waals surface area (Å²) in [4.78, 5) is 23.4. The number of benzene rings is 1. The van der Waals surface area contributed by atoms with Gasteiger partial charge in [-0.2, -0.15) is 0 Å². The fourth-order valence-electron chi connectivity index (χ4n) is 3.72. The van der Waals surface area contributed by atoms with E-state index in [1.54, 1.807) is 24.7 Å². The van der Waals surface area contributed by atoms with Crippen molar-refractivity contribution in [2.24, 2.45) is 0 Å². The molecule has 1 fully saturated rings. The SMILES string of the molecule is O=C(NCc1cccnc1)c1ccnc(NC2CCN(Cc3ccccc3)CC2)c1. The van der Waals surface area contributed by atoms with Gasteiger partial charge in [-0.15, -0.1) is 0 Å². The second-order valence-corrected chi connectivity index (χ2v) is 7.65. The molecule has 1 aromatic carbocycles. The van der Waals surface area contributed by atoms with Gasteiger partial charge in [-0.3, -0.25) is 14.7 Å². The van der Waals surface area contributed by atoms with E-state index in [1.807, 2.05) is 18.2 Å². The molecule has 3 heterocycles. The summed E-state index contributed by atoms with van der Waals surface area (Å²) in [6.45, 7) is 3.56. The molecule has 0 unspecified atom stereocenters. The maximum absolute atomic E-state index is 12.5. The normalized spacial score (nSPS) is 14.9. The predicted molar refractivity (Wildman–Crippen MR) is 118 cm³/mol. The predicted octanol–water partition coefficient (Wildman–Crippen LogP) is 3.48. The largest absolute Gasteiger partial charge is 0.367 e. The maximum Gasteiger partial charge on any atom is 0.251 e. The van der Waals surface area contributed by atoms with E-state index in [0.29, 0.717) is 18.2 Å². The van der Waals surface area contributed by atoms with Gasteiger partial charge in [-0.1, -0.05) is 36.4 Å². The van der Waals surface area contributed by atoms with Crippen LogP contribution in [0, 0.1) is 0 Å². The zero-order chi connectivity index (χ0) is 20.6. The summed E-state index contributed by atoms with van der Waals surface area (Å²) in [6.07, 6.45) is 7.28. The third-order valence-corrected chi connectivity index (χ3v) is 5.39. The summed E-state index contributed by atoms with van der Waals surface area (Å²) in [5, 5.41) is 6.44. The van der Waals surface area contributed by atoms with E-state index in [4.69, 9.17) is 0 Å². The molecule has 2 aromatic heterocycles. The average Bonchev–Trinajstić information content (AvgIpc) is 2.80. The fraction of sp³-hybridized carbons (Fsp3) is 0.292. The van der Waals surface area contributed by atoms with Crippen molar-refractivity contribution in [3.8, 4) is 0 Å². The number of likely N-dealkylation sites (tertiary alicyclic amines) is 1. The van der Waals surface area contributed by atoms with Crippen LogP contribution in [0.5, 0.6) is 0 Å². The molecule has 2 N–H and O–H groups in total. The van der Waals surface area contributed by atoms with Gasteiger partial charge < -0.3 is 10.6 Å². The van der Waals surface area contributed by atoms with Crippen molar-refractivity contribution in [3.63, 3.8) is 0 Å². The second-order valence-electron chi connectivity index (χ2n) is 7.65. The summed E-state index contributed by atoms with van der Waals surface area (Å²) < 4.78 is 0. The summed E-state index contributed by atoms with van der Waals surface area (Å²) >= 11 is 0. The first-order valence-electron chi connectivity index (χ1n) is 10.4. The number of hydrogen-bond donors (Lipinski definition) is 2. The lowest BCUT2D eigenvalue weighted by Crippen LogP contribution is -2.38. The molecule has 6 nitrogen and oxygen atoms in total. The Labute approximate surface area is 177 Å². The van der Waals surface area contributed by atoms with Gasteiger partial charge in [0.1, 0.15) is 5.82 Å². The molecule has 0 radical (unpaired) electrons. The van der Waals surface area contributed by atoms with E-state index in [-0.39, 0.29) is 5.91 Å². The molecule has 30 heavy (non-hydrogen) atoms. The molecule has 6 heteroatoms. The van der Waals surface area contributed by atoms with Crippen LogP contribution in [0.15, 0.2) is 73.2 Å². The summed E-state index contributed by atoms with van der Waals surface area (Å²) in [7, 11) is 0. The molecule has 3 aromatic rings. The van der Waals surface area contributed by atoms with Gasteiger partial charge in [0.15, 0.2) is 0 Å². The van der Waals surface area contributed by atoms with Crippen LogP contribution in [0.2, 0.25) is 0 Å². The van der Waals surface area contributed by atoms with Crippen molar-refractivity contribution < 1.29 is 4.79 Å². The van der Waals surface area contributed by atoms with Gasteiger partial charge in [-0.25, -0.2) is 4.98 Å². The molecule has 1 saturated heterocycles. The number of rotatable bonds is 7. The highest BCUT2D eigenvalue weighted by Gasteiger charge is 2.19. The highest BCUT2D eigenvalue weighted by Crippen LogP contribution is 2.18. The molecule has 0 bridgehead atoms. The Bertz CT molecular complexity index is 940. The topological polar surface area (TPSA) is 70.1 Å². The van der Waals surface area contributed by atoms with Crippen LogP contribution in [0.1, 0.15) is 34.3 Å². The molecule has 1 aliphatic heterocycles. The molecule has 0 aliphatic carbocycles. The third-order valence-electron chi connectivity index (χ3n) is 5.39. The van der Waals surface area contributed by atoms with Crippen molar-refractivity contribution in [1.82, 2.24) is 20.2 Å². The monoisotopic (exact) mass is 401 g/mol. The first-order chi connectivity index (χ1) is 14.8. The first-order valence-corrected chi connectivity index (χ1v) is 10.4. The van der Waals surface area contributed by atoms with Crippen LogP contribution in [0.3, 0.4) is 0 Å². The van der Waals surface area contributed by atoms with Gasteiger partial charge >= 0.3 is 0 Å². The zero-order valence-corrected chi connectivity index (χ0v) is 17.0. The Morgan fingerprint density at radius 3 is 2.57 bits per heavy atom. The molecule has 0 saturated carbocycles. The molecule has 0 spiro atoms. The van der Waals surface area contributed by atoms with Crippen LogP contribution in [-0.2, 0) is 13.1 Å². The van der Waals surface area contributed by atoms with Crippen LogP contribution in [0.4, 0.5) is 5.82 Å². The highest BCUT2D eigenvalue weighted by molar-refractivity contribution is 5.94. The Morgan fingerprint density at radius 2 is 1.80 bits per heavy atom. The Morgan fingerprint density at radius 1 is 1.00 bits per heavy atom. The van der Waals surface area contributed by atoms with Crippen molar-refractivity contribution in [1.29, 1.82) is 0 Å². The van der Waals surface area contributed by atoms with Crippen LogP contribution >= 0.6 is 0 Å². The van der Waals surface area contributed by atoms with Crippen molar-refractivity contribution >= 4 is 11.7 Å². The molecule has 1 aliphatic rings. The molecule has 0 atom stereocenters. The minimum Gasteiger partial charge on any atom is -0.367 e. The number of carbonyl (C=O) groups excluding carboxylic acids is 1. The molecular formula is C24H27N5O. The number of aromatic nitrogens is 2. The van der Waals surface area contributed by atoms with Gasteiger partial charge in [0, 0.05) is 56.4 Å². The Kier molecular flexibility index (Phi) is 6.67. The Balaban J connectivity index is 1.27. The summed E-state index contributed by atoms with van der Waals surface area (Å²) in [6, 6.07) is 18.3. The highest BCUT2D eigenvalue weighted by atomic mass is 16.1. The standard InChI is InChI=1S/C24H27N5O/c30-24(27-17-20-7-4-11-25-16-20)21-8-12-26-23(15-21)28-22-9-13-29(14-10-22)18-19-5-2-1-3-6-19/h1-8,11-12,15-16,22H,9-10,13-14,17-18H2,(H,26,28)(H,27,30). The lowest BCUT2D eigenvalue weighted by atomic mass is 10.0. The smallest absolute Gasteiger partial charge is 0.251 e. The summed E-state index contributed by atoms with van der Waals surface area (Å²) in [5.74, 6) is 0.646. The van der Waals surface area contributed by atoms with E-state index in [1.165, 1.54) is 5.56 Å². The first kappa shape index (κ1) is 20.0. The van der Waals surface area contributed by atoms with Crippen LogP contribution < -0.4 is 10.6 Å². The van der Waals surface area contributed by atoms with E-state index in [2.05, 4.69) is 55.8 Å². The van der Waals surface area contributed by atoms with Gasteiger partial charge in [0.25, 0.3) is 5.91 Å². The van der Waals surface area contributed by atoms with Crippen molar-refractivity contribution in [3.05, 3.63) is 89.9 Å². The lowest BCUT2D eigenvalue weighted by molar-refractivity contribution is 0.0951. The van der Waals surface area contributed by atoms with E-state index < -0.39 is 0 Å². The fourth-order valence-corrected chi connectivity index (χ4v) is 3.72. The minimum absolute atomic E-state index is 0.109. The lowest BCUT2D eigenvalue weighted by Gasteiger charge is -2.32. The van der Waals surface area contributed by atoms with E-state index in [9.17, 15) is 4.79 Å². The number of anilines is 1. The molecule has 1 amide bonds. The van der Waals surface area contributed by atoms with Gasteiger partial charge in [0.2, 0.25) is 0 Å². The maximum atomic E-state index is 12.5. The molecule has 4 rings (SSSR count). The van der Waals surface area contributed by atoms with E-state index in [0.717, 1.165) is 43.9 Å². The number of hydrogen-bond acceptors (Lipinski definition) is 5. The van der Waals surface area contributed by atoms with Crippen molar-refractivity contribution in [2.75, 3.05) is 18.4 Å². The van der Waals surface area contributed by atoms with Crippen LogP contribution in [0.25, 0.3) is 0 Å². The quantitative estimate of drug-likeness (QED) is 0.634. The zero-order valence-electron chi connectivity index (χ0n) is 17.0. The van der Waals surface area contributed by atoms with Gasteiger partial charge in [-0.05, 0) is 42.2 Å². The number of nitrogens with one attached hydrogen (secondary N) is 2. The van der Waals surface area contributed by atoms with Crippen molar-refractivity contribution in [2.45, 2.75) is 32.0 Å². The third kappa shape index (κ3) is 5.64. The molecule has 154 valence electrons. The summed E-state index contributed by atoms with van der Waals surface area (Å²) in [5.41, 5.74) is 2.94. The second kappa shape index (κ2) is 9.98. The van der Waals surface area contributed by atoms with Crippen LogP contribution in [-0.4, -0.2) is 39.9 Å². The average molecular weight is 402 g/mol. The number of piperidine rings is 1. The minimum atomic E-state index is -0.109. The number of amides is 1. The van der Waals surface area contributed by atoms with E-state index >= 15 is 0 Å². The van der Waals surface area contributed by atoms with Gasteiger partial charge in [0.05, 0.1) is 0 Å². The number of pyridine rings is 2. The number of carbonyl (C=O) groups is 1. The number of nitrogens with zero attached hydrogens (tertiary/aromatic N) is 3. The Hall–Kier alpha value is -3.25.